The van der Waals surface area contributed by atoms with E-state index in [2.05, 4.69) is 93.7 Å². The van der Waals surface area contributed by atoms with Gasteiger partial charge in [0.2, 0.25) is 0 Å². The number of ether oxygens (including phenoxy) is 3. The Bertz CT molecular complexity index is 1390. The van der Waals surface area contributed by atoms with Gasteiger partial charge in [-0.15, -0.1) is 0 Å². The standard InChI is InChI=1S/C69H122O6/c1-4-7-10-13-16-19-22-25-28-31-33-34-36-38-41-44-47-50-53-56-59-62-68(71)74-65-66(64-73-67(70)61-58-55-52-49-46-43-40-37-30-27-24-21-18-15-12-9-6-3)75-69(72)63-60-57-54-51-48-45-42-39-35-32-29-26-23-20-17-14-11-8-5-2/h9,12,17-18,20-21,26-27,29-30,35,39,66H,4-8,10-11,13-16,19,22-25,28,31-34,36-38,40-65H2,1-3H3/b12-9-,20-17-,21-18-,29-26-,30-27-,39-35-. The molecular weight excluding hydrogens is 925 g/mol. The molecule has 0 aliphatic heterocycles. The number of esters is 3. The Morgan fingerprint density at radius 1 is 0.280 bits per heavy atom. The molecule has 0 fully saturated rings. The van der Waals surface area contributed by atoms with Crippen molar-refractivity contribution in [1.29, 1.82) is 0 Å². The molecular formula is C69H122O6. The molecule has 0 saturated carbocycles. The van der Waals surface area contributed by atoms with Crippen molar-refractivity contribution >= 4 is 17.9 Å². The van der Waals surface area contributed by atoms with Gasteiger partial charge in [0.1, 0.15) is 13.2 Å². The third-order valence-corrected chi connectivity index (χ3v) is 14.2. The fraction of sp³-hybridized carbons (Fsp3) is 0.783. The minimum Gasteiger partial charge on any atom is -0.462 e. The summed E-state index contributed by atoms with van der Waals surface area (Å²) in [5.74, 6) is -0.887. The molecule has 0 aliphatic carbocycles. The van der Waals surface area contributed by atoms with Crippen LogP contribution >= 0.6 is 0 Å². The molecule has 0 N–H and O–H groups in total. The summed E-state index contributed by atoms with van der Waals surface area (Å²) in [6.45, 7) is 6.53. The zero-order chi connectivity index (χ0) is 54.3. The number of allylic oxidation sites excluding steroid dienone is 12. The molecule has 0 bridgehead atoms. The molecule has 6 nitrogen and oxygen atoms in total. The van der Waals surface area contributed by atoms with E-state index in [1.807, 2.05) is 0 Å². The highest BCUT2D eigenvalue weighted by atomic mass is 16.6. The minimum atomic E-state index is -0.787. The lowest BCUT2D eigenvalue weighted by Crippen LogP contribution is -2.30. The van der Waals surface area contributed by atoms with Gasteiger partial charge in [-0.25, -0.2) is 0 Å². The maximum Gasteiger partial charge on any atom is 0.306 e. The van der Waals surface area contributed by atoms with Gasteiger partial charge < -0.3 is 14.2 Å². The van der Waals surface area contributed by atoms with Crippen molar-refractivity contribution in [1.82, 2.24) is 0 Å². The number of carbonyl (C=O) groups excluding carboxylic acids is 3. The van der Waals surface area contributed by atoms with E-state index in [4.69, 9.17) is 14.2 Å². The topological polar surface area (TPSA) is 78.9 Å². The zero-order valence-corrected chi connectivity index (χ0v) is 49.8. The molecule has 0 radical (unpaired) electrons. The second kappa shape index (κ2) is 63.4. The second-order valence-electron chi connectivity index (χ2n) is 21.6. The summed E-state index contributed by atoms with van der Waals surface area (Å²) in [6, 6.07) is 0. The molecule has 0 amide bonds. The van der Waals surface area contributed by atoms with Gasteiger partial charge in [0.25, 0.3) is 0 Å². The largest absolute Gasteiger partial charge is 0.462 e. The Labute approximate surface area is 465 Å². The lowest BCUT2D eigenvalue weighted by molar-refractivity contribution is -0.167. The van der Waals surface area contributed by atoms with Gasteiger partial charge >= 0.3 is 17.9 Å². The van der Waals surface area contributed by atoms with E-state index in [-0.39, 0.29) is 31.1 Å². The van der Waals surface area contributed by atoms with Crippen LogP contribution in [0.1, 0.15) is 329 Å². The Morgan fingerprint density at radius 3 is 0.840 bits per heavy atom. The van der Waals surface area contributed by atoms with Crippen LogP contribution in [0.15, 0.2) is 72.9 Å². The summed E-state index contributed by atoms with van der Waals surface area (Å²) >= 11 is 0. The molecule has 0 heterocycles. The average molecular weight is 1050 g/mol. The van der Waals surface area contributed by atoms with E-state index in [0.717, 1.165) is 109 Å². The van der Waals surface area contributed by atoms with Gasteiger partial charge in [0.05, 0.1) is 0 Å². The van der Waals surface area contributed by atoms with Crippen molar-refractivity contribution in [3.8, 4) is 0 Å². The summed E-state index contributed by atoms with van der Waals surface area (Å²) in [6.07, 6.45) is 81.9. The van der Waals surface area contributed by atoms with Crippen LogP contribution in [0.5, 0.6) is 0 Å². The van der Waals surface area contributed by atoms with Crippen LogP contribution in [0.4, 0.5) is 0 Å². The van der Waals surface area contributed by atoms with Crippen LogP contribution < -0.4 is 0 Å². The molecule has 0 aromatic carbocycles. The van der Waals surface area contributed by atoms with Gasteiger partial charge in [-0.3, -0.25) is 14.4 Å². The van der Waals surface area contributed by atoms with E-state index in [1.54, 1.807) is 0 Å². The van der Waals surface area contributed by atoms with Gasteiger partial charge in [0.15, 0.2) is 6.10 Å². The van der Waals surface area contributed by atoms with Crippen LogP contribution in [-0.4, -0.2) is 37.2 Å². The maximum absolute atomic E-state index is 12.9. The third kappa shape index (κ3) is 61.6. The fourth-order valence-electron chi connectivity index (χ4n) is 9.35. The summed E-state index contributed by atoms with van der Waals surface area (Å²) in [4.78, 5) is 38.4. The molecule has 0 aliphatic rings. The van der Waals surface area contributed by atoms with Crippen molar-refractivity contribution in [2.45, 2.75) is 335 Å². The Morgan fingerprint density at radius 2 is 0.520 bits per heavy atom. The van der Waals surface area contributed by atoms with E-state index >= 15 is 0 Å². The molecule has 75 heavy (non-hydrogen) atoms. The lowest BCUT2D eigenvalue weighted by Gasteiger charge is -2.18. The molecule has 0 saturated heterocycles. The van der Waals surface area contributed by atoms with Gasteiger partial charge in [-0.2, -0.15) is 0 Å². The predicted molar refractivity (Wildman–Crippen MR) is 325 cm³/mol. The van der Waals surface area contributed by atoms with Crippen molar-refractivity contribution in [3.05, 3.63) is 72.9 Å². The lowest BCUT2D eigenvalue weighted by atomic mass is 10.0. The summed E-state index contributed by atoms with van der Waals surface area (Å²) in [7, 11) is 0. The number of carbonyl (C=O) groups is 3. The molecule has 0 spiro atoms. The number of rotatable bonds is 59. The predicted octanol–water partition coefficient (Wildman–Crippen LogP) is 22.1. The number of unbranched alkanes of at least 4 members (excludes halogenated alkanes) is 36. The molecule has 0 aromatic heterocycles. The summed E-state index contributed by atoms with van der Waals surface area (Å²) in [5, 5.41) is 0. The Kier molecular flexibility index (Phi) is 60.7. The molecule has 0 aromatic rings. The SMILES string of the molecule is CC/C=C\C/C=C\C/C=C\CCCCCCCCCC(=O)OCC(COC(=O)CCCCCCCCCCCCCCCCCCCCCCC)OC(=O)CCCCCCCC/C=C\C/C=C\C/C=C\CCCCC. The average Bonchev–Trinajstić information content (AvgIpc) is 3.41. The second-order valence-corrected chi connectivity index (χ2v) is 21.6. The first-order chi connectivity index (χ1) is 37.0. The Hall–Kier alpha value is -3.15. The minimum absolute atomic E-state index is 0.0812. The van der Waals surface area contributed by atoms with Gasteiger partial charge in [-0.1, -0.05) is 293 Å². The normalized spacial score (nSPS) is 12.5. The van der Waals surface area contributed by atoms with E-state index < -0.39 is 6.10 Å². The summed E-state index contributed by atoms with van der Waals surface area (Å²) < 4.78 is 16.9. The Balaban J connectivity index is 4.37. The smallest absolute Gasteiger partial charge is 0.306 e. The first-order valence-electron chi connectivity index (χ1n) is 32.4. The summed E-state index contributed by atoms with van der Waals surface area (Å²) in [5.41, 5.74) is 0. The van der Waals surface area contributed by atoms with Gasteiger partial charge in [-0.05, 0) is 89.9 Å². The molecule has 1 atom stereocenters. The highest BCUT2D eigenvalue weighted by molar-refractivity contribution is 5.71. The third-order valence-electron chi connectivity index (χ3n) is 14.2. The van der Waals surface area contributed by atoms with E-state index in [1.165, 1.54) is 180 Å². The van der Waals surface area contributed by atoms with Crippen molar-refractivity contribution in [2.24, 2.45) is 0 Å². The first-order valence-corrected chi connectivity index (χ1v) is 32.4. The molecule has 434 valence electrons. The van der Waals surface area contributed by atoms with Crippen molar-refractivity contribution in [2.75, 3.05) is 13.2 Å². The molecule has 6 heteroatoms. The van der Waals surface area contributed by atoms with Gasteiger partial charge in [0, 0.05) is 19.3 Å². The number of hydrogen-bond acceptors (Lipinski definition) is 6. The maximum atomic E-state index is 12.9. The number of hydrogen-bond donors (Lipinski definition) is 0. The zero-order valence-electron chi connectivity index (χ0n) is 49.8. The highest BCUT2D eigenvalue weighted by Crippen LogP contribution is 2.17. The molecule has 1 unspecified atom stereocenters. The molecule has 0 rings (SSSR count). The van der Waals surface area contributed by atoms with Crippen LogP contribution in [0, 0.1) is 0 Å². The van der Waals surface area contributed by atoms with Crippen molar-refractivity contribution in [3.63, 3.8) is 0 Å². The monoisotopic (exact) mass is 1050 g/mol. The quantitative estimate of drug-likeness (QED) is 0.0261. The van der Waals surface area contributed by atoms with E-state index in [9.17, 15) is 14.4 Å². The van der Waals surface area contributed by atoms with Crippen molar-refractivity contribution < 1.29 is 28.6 Å². The van der Waals surface area contributed by atoms with Crippen LogP contribution in [0.25, 0.3) is 0 Å². The first kappa shape index (κ1) is 71.8. The van der Waals surface area contributed by atoms with Crippen LogP contribution in [0.2, 0.25) is 0 Å². The van der Waals surface area contributed by atoms with E-state index in [0.29, 0.717) is 19.3 Å². The van der Waals surface area contributed by atoms with Crippen LogP contribution in [0.3, 0.4) is 0 Å². The van der Waals surface area contributed by atoms with Crippen LogP contribution in [-0.2, 0) is 28.6 Å². The highest BCUT2D eigenvalue weighted by Gasteiger charge is 2.19. The fourth-order valence-corrected chi connectivity index (χ4v) is 9.35.